The zero-order valence-corrected chi connectivity index (χ0v) is 24.7. The lowest BCUT2D eigenvalue weighted by Crippen LogP contribution is -2.48. The Labute approximate surface area is 220 Å². The second-order valence-corrected chi connectivity index (χ2v) is 10.2. The van der Waals surface area contributed by atoms with Crippen molar-refractivity contribution in [3.05, 3.63) is 0 Å². The van der Waals surface area contributed by atoms with Gasteiger partial charge in [0.15, 0.2) is 0 Å². The second kappa shape index (κ2) is 18.4. The number of halogens is 3. The molecule has 0 N–H and O–H groups in total. The molecule has 0 atom stereocenters. The Bertz CT molecular complexity index is 552. The van der Waals surface area contributed by atoms with Crippen molar-refractivity contribution in [1.82, 2.24) is 24.5 Å². The van der Waals surface area contributed by atoms with Crippen molar-refractivity contribution in [2.45, 2.75) is 84.5 Å². The fourth-order valence-corrected chi connectivity index (χ4v) is 4.96. The highest BCUT2D eigenvalue weighted by Crippen LogP contribution is 2.23. The van der Waals surface area contributed by atoms with Crippen LogP contribution >= 0.6 is 0 Å². The maximum absolute atomic E-state index is 12.4. The van der Waals surface area contributed by atoms with E-state index in [0.29, 0.717) is 11.9 Å². The molecule has 3 fully saturated rings. The minimum atomic E-state index is -4.07. The summed E-state index contributed by atoms with van der Waals surface area (Å²) in [4.78, 5) is 22.7. The van der Waals surface area contributed by atoms with Crippen LogP contribution in [0.4, 0.5) is 13.2 Å². The monoisotopic (exact) mass is 523 g/mol. The molecule has 3 saturated heterocycles. The Kier molecular flexibility index (Phi) is 17.9. The SMILES string of the molecule is CC.CC.CN1CCC(C(=O)N2CCC(N(C)C)CC2)CC1.CN1CCC(N(C)CC(F)(F)F)CC1. The van der Waals surface area contributed by atoms with Crippen LogP contribution in [0.25, 0.3) is 0 Å². The highest BCUT2D eigenvalue weighted by atomic mass is 19.4. The Morgan fingerprint density at radius 1 is 0.722 bits per heavy atom. The van der Waals surface area contributed by atoms with E-state index in [2.05, 4.69) is 40.7 Å². The van der Waals surface area contributed by atoms with Crippen LogP contribution in [0.2, 0.25) is 0 Å². The van der Waals surface area contributed by atoms with E-state index in [0.717, 1.165) is 77.8 Å². The minimum absolute atomic E-state index is 0.0906. The maximum atomic E-state index is 12.4. The molecular formula is C27H56F3N5O. The third-order valence-electron chi connectivity index (χ3n) is 7.31. The molecule has 3 heterocycles. The third-order valence-corrected chi connectivity index (χ3v) is 7.31. The summed E-state index contributed by atoms with van der Waals surface area (Å²) in [6.07, 6.45) is 1.95. The molecule has 0 aromatic rings. The Hall–Kier alpha value is -0.900. The molecular weight excluding hydrogens is 467 g/mol. The number of piperidine rings is 3. The summed E-state index contributed by atoms with van der Waals surface area (Å²) in [5, 5.41) is 0. The van der Waals surface area contributed by atoms with E-state index in [4.69, 9.17) is 0 Å². The normalized spacial score (nSPS) is 21.2. The fraction of sp³-hybridized carbons (Fsp3) is 0.963. The lowest BCUT2D eigenvalue weighted by molar-refractivity contribution is -0.149. The van der Waals surface area contributed by atoms with Crippen LogP contribution in [0.3, 0.4) is 0 Å². The molecule has 3 aliphatic heterocycles. The number of hydrogen-bond donors (Lipinski definition) is 0. The third kappa shape index (κ3) is 13.6. The van der Waals surface area contributed by atoms with Gasteiger partial charge in [0.2, 0.25) is 5.91 Å². The average Bonchev–Trinajstić information content (AvgIpc) is 2.86. The van der Waals surface area contributed by atoms with Gasteiger partial charge in [-0.25, -0.2) is 0 Å². The van der Waals surface area contributed by atoms with E-state index in [1.807, 2.05) is 34.7 Å². The molecule has 0 aliphatic carbocycles. The zero-order valence-electron chi connectivity index (χ0n) is 24.7. The summed E-state index contributed by atoms with van der Waals surface area (Å²) in [5.41, 5.74) is 0. The molecule has 36 heavy (non-hydrogen) atoms. The largest absolute Gasteiger partial charge is 0.401 e. The van der Waals surface area contributed by atoms with Gasteiger partial charge in [-0.15, -0.1) is 0 Å². The topological polar surface area (TPSA) is 33.3 Å². The highest BCUT2D eigenvalue weighted by molar-refractivity contribution is 5.79. The van der Waals surface area contributed by atoms with E-state index in [-0.39, 0.29) is 12.0 Å². The molecule has 0 radical (unpaired) electrons. The van der Waals surface area contributed by atoms with Crippen molar-refractivity contribution in [3.8, 4) is 0 Å². The Morgan fingerprint density at radius 3 is 1.50 bits per heavy atom. The molecule has 0 unspecified atom stereocenters. The molecule has 0 saturated carbocycles. The van der Waals surface area contributed by atoms with Crippen LogP contribution in [-0.2, 0) is 4.79 Å². The lowest BCUT2D eigenvalue weighted by atomic mass is 9.94. The Morgan fingerprint density at radius 2 is 1.11 bits per heavy atom. The predicted octanol–water partition coefficient (Wildman–Crippen LogP) is 4.51. The molecule has 3 aliphatic rings. The maximum Gasteiger partial charge on any atom is 0.401 e. The highest BCUT2D eigenvalue weighted by Gasteiger charge is 2.33. The number of nitrogens with zero attached hydrogens (tertiary/aromatic N) is 5. The number of hydrogen-bond acceptors (Lipinski definition) is 5. The van der Waals surface area contributed by atoms with Gasteiger partial charge in [-0.1, -0.05) is 27.7 Å². The van der Waals surface area contributed by atoms with Gasteiger partial charge in [0.05, 0.1) is 6.54 Å². The van der Waals surface area contributed by atoms with Gasteiger partial charge in [0, 0.05) is 31.1 Å². The van der Waals surface area contributed by atoms with Crippen LogP contribution in [0.5, 0.6) is 0 Å². The number of alkyl halides is 3. The molecule has 0 spiro atoms. The van der Waals surface area contributed by atoms with Crippen LogP contribution in [-0.4, -0.2) is 130 Å². The fourth-order valence-electron chi connectivity index (χ4n) is 4.96. The molecule has 1 amide bonds. The van der Waals surface area contributed by atoms with Crippen molar-refractivity contribution in [2.24, 2.45) is 5.92 Å². The van der Waals surface area contributed by atoms with Gasteiger partial charge in [-0.3, -0.25) is 9.69 Å². The lowest BCUT2D eigenvalue weighted by Gasteiger charge is -2.38. The average molecular weight is 524 g/mol. The number of amides is 1. The van der Waals surface area contributed by atoms with Gasteiger partial charge < -0.3 is 19.6 Å². The van der Waals surface area contributed by atoms with E-state index in [1.54, 1.807) is 7.05 Å². The van der Waals surface area contributed by atoms with Crippen LogP contribution in [0, 0.1) is 5.92 Å². The summed E-state index contributed by atoms with van der Waals surface area (Å²) in [5.74, 6) is 0.706. The van der Waals surface area contributed by atoms with Gasteiger partial charge in [-0.2, -0.15) is 13.2 Å². The number of rotatable bonds is 4. The summed E-state index contributed by atoms with van der Waals surface area (Å²) >= 11 is 0. The Balaban J connectivity index is 0.000000613. The van der Waals surface area contributed by atoms with Crippen molar-refractivity contribution >= 4 is 5.91 Å². The van der Waals surface area contributed by atoms with E-state index < -0.39 is 12.7 Å². The molecule has 0 bridgehead atoms. The van der Waals surface area contributed by atoms with Crippen LogP contribution in [0.1, 0.15) is 66.2 Å². The molecule has 6 nitrogen and oxygen atoms in total. The van der Waals surface area contributed by atoms with E-state index in [1.165, 1.54) is 4.90 Å². The molecule has 3 rings (SSSR count). The first kappa shape index (κ1) is 35.1. The smallest absolute Gasteiger partial charge is 0.342 e. The van der Waals surface area contributed by atoms with Crippen LogP contribution in [0.15, 0.2) is 0 Å². The molecule has 9 heteroatoms. The van der Waals surface area contributed by atoms with Gasteiger partial charge in [0.25, 0.3) is 0 Å². The van der Waals surface area contributed by atoms with Crippen molar-refractivity contribution in [2.75, 3.05) is 81.1 Å². The number of likely N-dealkylation sites (tertiary alicyclic amines) is 3. The first-order chi connectivity index (χ1) is 17.0. The standard InChI is InChI=1S/C14H27N3O.C9H17F3N2.2C2H6/c1-15(2)13-6-10-17(11-7-13)14(18)12-4-8-16(3)9-5-12;1-13-5-3-8(4-6-13)14(2)7-9(10,11)12;2*1-2/h12-13H,4-11H2,1-3H3;8H,3-7H2,1-2H3;2*1-2H3. The molecule has 0 aromatic carbocycles. The van der Waals surface area contributed by atoms with E-state index in [9.17, 15) is 18.0 Å². The minimum Gasteiger partial charge on any atom is -0.342 e. The van der Waals surface area contributed by atoms with Crippen molar-refractivity contribution < 1.29 is 18.0 Å². The molecule has 216 valence electrons. The van der Waals surface area contributed by atoms with E-state index >= 15 is 0 Å². The van der Waals surface area contributed by atoms with Crippen LogP contribution < -0.4 is 0 Å². The summed E-state index contributed by atoms with van der Waals surface area (Å²) in [7, 11) is 9.98. The summed E-state index contributed by atoms with van der Waals surface area (Å²) in [6.45, 7) is 13.1. The van der Waals surface area contributed by atoms with Gasteiger partial charge in [0.1, 0.15) is 0 Å². The first-order valence-corrected chi connectivity index (χ1v) is 14.1. The van der Waals surface area contributed by atoms with Crippen molar-refractivity contribution in [1.29, 1.82) is 0 Å². The first-order valence-electron chi connectivity index (χ1n) is 14.1. The van der Waals surface area contributed by atoms with Gasteiger partial charge >= 0.3 is 6.18 Å². The number of carbonyl (C=O) groups is 1. The second-order valence-electron chi connectivity index (χ2n) is 10.2. The molecule has 0 aromatic heterocycles. The summed E-state index contributed by atoms with van der Waals surface area (Å²) < 4.78 is 36.3. The number of carbonyl (C=O) groups excluding carboxylic acids is 1. The summed E-state index contributed by atoms with van der Waals surface area (Å²) in [6, 6.07) is 0.749. The zero-order chi connectivity index (χ0) is 27.9. The van der Waals surface area contributed by atoms with Gasteiger partial charge in [-0.05, 0) is 99.9 Å². The quantitative estimate of drug-likeness (QED) is 0.542. The van der Waals surface area contributed by atoms with Crippen molar-refractivity contribution in [3.63, 3.8) is 0 Å². The predicted molar refractivity (Wildman–Crippen MR) is 145 cm³/mol.